The van der Waals surface area contributed by atoms with Crippen molar-refractivity contribution in [1.29, 1.82) is 0 Å². The Balaban J connectivity index is 3.40. The molecule has 0 N–H and O–H groups in total. The largest absolute Gasteiger partial charge is 0.0649 e. The molecule has 0 nitrogen and oxygen atoms in total. The SMILES string of the molecule is CCC(CC)(CC)CCCCCCCCCCCCCCCC(CC)(CC)CC. The van der Waals surface area contributed by atoms with Gasteiger partial charge in [-0.15, -0.1) is 0 Å². The Morgan fingerprint density at radius 2 is 0.448 bits per heavy atom. The Kier molecular flexibility index (Phi) is 18.7. The lowest BCUT2D eigenvalue weighted by Gasteiger charge is -2.30. The van der Waals surface area contributed by atoms with Crippen molar-refractivity contribution in [3.63, 3.8) is 0 Å². The molecule has 0 heterocycles. The lowest BCUT2D eigenvalue weighted by molar-refractivity contribution is 0.220. The van der Waals surface area contributed by atoms with Crippen LogP contribution in [-0.4, -0.2) is 0 Å². The minimum Gasteiger partial charge on any atom is -0.0649 e. The highest BCUT2D eigenvalue weighted by Crippen LogP contribution is 2.37. The third kappa shape index (κ3) is 13.1. The smallest absolute Gasteiger partial charge is 0.0305 e. The van der Waals surface area contributed by atoms with Gasteiger partial charge in [-0.3, -0.25) is 0 Å². The molecule has 0 atom stereocenters. The van der Waals surface area contributed by atoms with Gasteiger partial charge in [-0.2, -0.15) is 0 Å². The lowest BCUT2D eigenvalue weighted by atomic mass is 9.75. The molecular weight excluding hydrogens is 348 g/mol. The molecule has 0 saturated heterocycles. The molecule has 0 aromatic carbocycles. The fraction of sp³-hybridized carbons (Fsp3) is 1.00. The van der Waals surface area contributed by atoms with Crippen molar-refractivity contribution in [2.45, 2.75) is 176 Å². The van der Waals surface area contributed by atoms with E-state index in [1.54, 1.807) is 0 Å². The molecule has 0 rings (SSSR count). The molecule has 0 aliphatic heterocycles. The van der Waals surface area contributed by atoms with Crippen molar-refractivity contribution in [3.05, 3.63) is 0 Å². The summed E-state index contributed by atoms with van der Waals surface area (Å²) in [6.45, 7) is 14.3. The van der Waals surface area contributed by atoms with Gasteiger partial charge >= 0.3 is 0 Å². The highest BCUT2D eigenvalue weighted by Gasteiger charge is 2.23. The summed E-state index contributed by atoms with van der Waals surface area (Å²) in [6.07, 6.45) is 30.3. The van der Waals surface area contributed by atoms with E-state index in [0.29, 0.717) is 10.8 Å². The molecular formula is C29H60. The van der Waals surface area contributed by atoms with Crippen LogP contribution in [0, 0.1) is 10.8 Å². The normalized spacial score (nSPS) is 12.6. The van der Waals surface area contributed by atoms with Gasteiger partial charge in [0.15, 0.2) is 0 Å². The predicted molar refractivity (Wildman–Crippen MR) is 136 cm³/mol. The van der Waals surface area contributed by atoms with Crippen LogP contribution in [0.15, 0.2) is 0 Å². The molecule has 176 valence electrons. The molecule has 0 aliphatic carbocycles. The maximum Gasteiger partial charge on any atom is -0.0305 e. The van der Waals surface area contributed by atoms with Gasteiger partial charge in [-0.1, -0.05) is 164 Å². The van der Waals surface area contributed by atoms with Crippen molar-refractivity contribution in [2.75, 3.05) is 0 Å². The van der Waals surface area contributed by atoms with E-state index >= 15 is 0 Å². The first-order chi connectivity index (χ1) is 14.1. The average molecular weight is 409 g/mol. The van der Waals surface area contributed by atoms with Gasteiger partial charge in [0.25, 0.3) is 0 Å². The summed E-state index contributed by atoms with van der Waals surface area (Å²) < 4.78 is 0. The second-order valence-electron chi connectivity index (χ2n) is 10.2. The Morgan fingerprint density at radius 3 is 0.621 bits per heavy atom. The van der Waals surface area contributed by atoms with Crippen molar-refractivity contribution >= 4 is 0 Å². The summed E-state index contributed by atoms with van der Waals surface area (Å²) in [6, 6.07) is 0. The zero-order valence-corrected chi connectivity index (χ0v) is 21.8. The summed E-state index contributed by atoms with van der Waals surface area (Å²) in [4.78, 5) is 0. The fourth-order valence-electron chi connectivity index (χ4n) is 5.51. The molecule has 0 aromatic rings. The average Bonchev–Trinajstić information content (AvgIpc) is 2.77. The first kappa shape index (κ1) is 29.0. The Morgan fingerprint density at radius 1 is 0.276 bits per heavy atom. The van der Waals surface area contributed by atoms with Crippen molar-refractivity contribution in [2.24, 2.45) is 10.8 Å². The van der Waals surface area contributed by atoms with Crippen LogP contribution in [0.5, 0.6) is 0 Å². The molecule has 0 aromatic heterocycles. The maximum absolute atomic E-state index is 2.39. The Hall–Kier alpha value is 0. The van der Waals surface area contributed by atoms with Gasteiger partial charge in [0.1, 0.15) is 0 Å². The van der Waals surface area contributed by atoms with E-state index in [1.807, 2.05) is 0 Å². The van der Waals surface area contributed by atoms with Crippen LogP contribution >= 0.6 is 0 Å². The highest BCUT2D eigenvalue weighted by atomic mass is 14.3. The van der Waals surface area contributed by atoms with Gasteiger partial charge in [-0.05, 0) is 23.7 Å². The van der Waals surface area contributed by atoms with Gasteiger partial charge in [0.05, 0.1) is 0 Å². The number of hydrogen-bond acceptors (Lipinski definition) is 0. The third-order valence-electron chi connectivity index (χ3n) is 8.91. The van der Waals surface area contributed by atoms with Crippen LogP contribution in [0.2, 0.25) is 0 Å². The summed E-state index contributed by atoms with van der Waals surface area (Å²) >= 11 is 0. The molecule has 0 fully saturated rings. The third-order valence-corrected chi connectivity index (χ3v) is 8.91. The summed E-state index contributed by atoms with van der Waals surface area (Å²) in [5, 5.41) is 0. The zero-order chi connectivity index (χ0) is 21.8. The number of rotatable bonds is 22. The van der Waals surface area contributed by atoms with E-state index in [2.05, 4.69) is 41.5 Å². The van der Waals surface area contributed by atoms with Crippen molar-refractivity contribution < 1.29 is 0 Å². The zero-order valence-electron chi connectivity index (χ0n) is 21.8. The minimum atomic E-state index is 0.658. The predicted octanol–water partition coefficient (Wildman–Crippen LogP) is 11.3. The highest BCUT2D eigenvalue weighted by molar-refractivity contribution is 4.75. The van der Waals surface area contributed by atoms with Crippen LogP contribution in [0.1, 0.15) is 176 Å². The van der Waals surface area contributed by atoms with Gasteiger partial charge < -0.3 is 0 Å². The second-order valence-corrected chi connectivity index (χ2v) is 10.2. The Labute approximate surface area is 187 Å². The van der Waals surface area contributed by atoms with E-state index in [9.17, 15) is 0 Å². The van der Waals surface area contributed by atoms with E-state index < -0.39 is 0 Å². The lowest BCUT2D eigenvalue weighted by Crippen LogP contribution is -2.17. The van der Waals surface area contributed by atoms with Crippen LogP contribution < -0.4 is 0 Å². The van der Waals surface area contributed by atoms with Gasteiger partial charge in [0, 0.05) is 0 Å². The van der Waals surface area contributed by atoms with Crippen molar-refractivity contribution in [3.8, 4) is 0 Å². The van der Waals surface area contributed by atoms with Gasteiger partial charge in [-0.25, -0.2) is 0 Å². The molecule has 0 heteroatoms. The summed E-state index contributed by atoms with van der Waals surface area (Å²) in [5.74, 6) is 0. The van der Waals surface area contributed by atoms with Crippen LogP contribution in [0.3, 0.4) is 0 Å². The maximum atomic E-state index is 2.39. The first-order valence-corrected chi connectivity index (χ1v) is 14.1. The van der Waals surface area contributed by atoms with Crippen LogP contribution in [-0.2, 0) is 0 Å². The Bertz CT molecular complexity index is 272. The molecule has 0 bridgehead atoms. The minimum absolute atomic E-state index is 0.658. The summed E-state index contributed by atoms with van der Waals surface area (Å²) in [7, 11) is 0. The molecule has 0 radical (unpaired) electrons. The monoisotopic (exact) mass is 408 g/mol. The molecule has 0 amide bonds. The first-order valence-electron chi connectivity index (χ1n) is 14.1. The number of unbranched alkanes of at least 4 members (excludes halogenated alkanes) is 12. The number of hydrogen-bond donors (Lipinski definition) is 0. The molecule has 0 saturated carbocycles. The van der Waals surface area contributed by atoms with E-state index in [4.69, 9.17) is 0 Å². The van der Waals surface area contributed by atoms with Gasteiger partial charge in [0.2, 0.25) is 0 Å². The van der Waals surface area contributed by atoms with E-state index in [0.717, 1.165) is 0 Å². The van der Waals surface area contributed by atoms with Crippen LogP contribution in [0.4, 0.5) is 0 Å². The molecule has 0 unspecified atom stereocenters. The quantitative estimate of drug-likeness (QED) is 0.156. The standard InChI is InChI=1S/C29H60/c1-7-28(8-2,9-3)26-24-22-20-18-16-14-13-15-17-19-21-23-25-27-29(10-4,11-5)12-6/h7-27H2,1-6H3. The summed E-state index contributed by atoms with van der Waals surface area (Å²) in [5.41, 5.74) is 1.32. The molecule has 0 aliphatic rings. The van der Waals surface area contributed by atoms with Crippen LogP contribution in [0.25, 0.3) is 0 Å². The van der Waals surface area contributed by atoms with E-state index in [1.165, 1.54) is 135 Å². The fourth-order valence-corrected chi connectivity index (χ4v) is 5.51. The van der Waals surface area contributed by atoms with Crippen molar-refractivity contribution in [1.82, 2.24) is 0 Å². The topological polar surface area (TPSA) is 0 Å². The molecule has 29 heavy (non-hydrogen) atoms. The second kappa shape index (κ2) is 18.7. The molecule has 0 spiro atoms. The van der Waals surface area contributed by atoms with E-state index in [-0.39, 0.29) is 0 Å².